The Hall–Kier alpha value is -3.33. The molecule has 2 N–H and O–H groups in total. The van der Waals surface area contributed by atoms with E-state index in [0.29, 0.717) is 30.4 Å². The number of aliphatic hydroxyl groups excluding tert-OH is 1. The molecule has 1 aromatic rings. The molecule has 0 aliphatic heterocycles. The number of Topliss-reactive ketones (excluding diaryl/α,β-unsaturated/α-hetero) is 1. The first-order chi connectivity index (χ1) is 19.7. The van der Waals surface area contributed by atoms with Gasteiger partial charge in [0.05, 0.1) is 12.1 Å². The molecule has 226 valence electrons. The molecule has 9 heteroatoms. The molecule has 0 saturated heterocycles. The van der Waals surface area contributed by atoms with Gasteiger partial charge in [-0.3, -0.25) is 19.3 Å². The standard InChI is InChI=1S/C33H40FNO7/c1-19-15-26-25-12-11-23-16-24(37)13-14-30(23,4)32(25,34)27(38)17-31(26,5)33(19,28(39)18-42-21(3)36)35(29(40)41)20(2)22-9-7-6-8-10-22/h6-10,13-14,16,19-20,25-27,38H,11-12,15,17-18H2,1-5H3,(H,40,41)/t19-,20-,25?,26?,27-,30-,31-,32?,33+/m0/s1. The van der Waals surface area contributed by atoms with Crippen LogP contribution in [0.4, 0.5) is 9.18 Å². The monoisotopic (exact) mass is 581 g/mol. The summed E-state index contributed by atoms with van der Waals surface area (Å²) in [6, 6.07) is 8.21. The number of amides is 1. The fraction of sp³-hybridized carbons (Fsp3) is 0.576. The number of ether oxygens (including phenoxy) is 1. The molecule has 3 fully saturated rings. The first kappa shape index (κ1) is 30.1. The topological polar surface area (TPSA) is 121 Å². The molecule has 4 aliphatic rings. The quantitative estimate of drug-likeness (QED) is 0.442. The van der Waals surface area contributed by atoms with Gasteiger partial charge in [0.15, 0.2) is 23.8 Å². The molecule has 0 spiro atoms. The van der Waals surface area contributed by atoms with Crippen molar-refractivity contribution in [2.45, 2.75) is 83.7 Å². The maximum atomic E-state index is 17.7. The van der Waals surface area contributed by atoms with Crippen molar-refractivity contribution in [2.75, 3.05) is 6.61 Å². The van der Waals surface area contributed by atoms with Crippen LogP contribution < -0.4 is 0 Å². The van der Waals surface area contributed by atoms with E-state index in [4.69, 9.17) is 4.74 Å². The van der Waals surface area contributed by atoms with E-state index in [1.165, 1.54) is 24.0 Å². The third kappa shape index (κ3) is 3.88. The molecule has 1 aromatic carbocycles. The molecule has 4 aliphatic carbocycles. The van der Waals surface area contributed by atoms with Crippen LogP contribution in [-0.2, 0) is 19.1 Å². The van der Waals surface area contributed by atoms with Gasteiger partial charge in [-0.1, -0.05) is 55.8 Å². The van der Waals surface area contributed by atoms with Gasteiger partial charge >= 0.3 is 12.1 Å². The molecule has 5 rings (SSSR count). The molecule has 0 aromatic heterocycles. The second kappa shape index (κ2) is 10.1. The summed E-state index contributed by atoms with van der Waals surface area (Å²) >= 11 is 0. The van der Waals surface area contributed by atoms with Crippen molar-refractivity contribution in [3.05, 3.63) is 59.7 Å². The average Bonchev–Trinajstić information content (AvgIpc) is 3.15. The van der Waals surface area contributed by atoms with Crippen molar-refractivity contribution in [1.82, 2.24) is 4.90 Å². The summed E-state index contributed by atoms with van der Waals surface area (Å²) in [5.41, 5.74) is -4.96. The van der Waals surface area contributed by atoms with Crippen LogP contribution in [0.3, 0.4) is 0 Å². The van der Waals surface area contributed by atoms with Crippen molar-refractivity contribution >= 4 is 23.6 Å². The molecule has 0 heterocycles. The molecule has 1 amide bonds. The number of benzene rings is 1. The lowest BCUT2D eigenvalue weighted by atomic mass is 9.44. The lowest BCUT2D eigenvalue weighted by molar-refractivity contribution is -0.210. The predicted molar refractivity (Wildman–Crippen MR) is 152 cm³/mol. The van der Waals surface area contributed by atoms with Crippen LogP contribution in [0.5, 0.6) is 0 Å². The third-order valence-corrected chi connectivity index (χ3v) is 11.3. The molecule has 3 saturated carbocycles. The zero-order chi connectivity index (χ0) is 30.8. The van der Waals surface area contributed by atoms with Crippen LogP contribution in [0, 0.1) is 28.6 Å². The van der Waals surface area contributed by atoms with E-state index in [-0.39, 0.29) is 12.2 Å². The first-order valence-corrected chi connectivity index (χ1v) is 14.7. The van der Waals surface area contributed by atoms with Gasteiger partial charge in [0, 0.05) is 23.7 Å². The number of carbonyl (C=O) groups is 4. The maximum absolute atomic E-state index is 17.7. The van der Waals surface area contributed by atoms with Crippen molar-refractivity contribution in [2.24, 2.45) is 28.6 Å². The first-order valence-electron chi connectivity index (χ1n) is 14.7. The molecule has 9 atom stereocenters. The minimum atomic E-state index is -2.13. The minimum absolute atomic E-state index is 0.184. The molecule has 0 bridgehead atoms. The number of esters is 1. The number of rotatable bonds is 6. The Morgan fingerprint density at radius 3 is 2.45 bits per heavy atom. The number of nitrogens with zero attached hydrogens (tertiary/aromatic N) is 1. The van der Waals surface area contributed by atoms with Crippen molar-refractivity contribution < 1.29 is 38.5 Å². The number of alkyl halides is 1. The van der Waals surface area contributed by atoms with Gasteiger partial charge in [-0.05, 0) is 69.1 Å². The number of carbonyl (C=O) groups excluding carboxylic acids is 3. The van der Waals surface area contributed by atoms with Gasteiger partial charge in [-0.2, -0.15) is 0 Å². The summed E-state index contributed by atoms with van der Waals surface area (Å²) in [5.74, 6) is -3.23. The third-order valence-electron chi connectivity index (χ3n) is 11.3. The van der Waals surface area contributed by atoms with Gasteiger partial charge in [-0.15, -0.1) is 0 Å². The number of aliphatic hydroxyl groups is 1. The Morgan fingerprint density at radius 2 is 1.83 bits per heavy atom. The number of hydrogen-bond acceptors (Lipinski definition) is 6. The Bertz CT molecular complexity index is 1380. The molecular weight excluding hydrogens is 541 g/mol. The summed E-state index contributed by atoms with van der Waals surface area (Å²) in [4.78, 5) is 53.0. The summed E-state index contributed by atoms with van der Waals surface area (Å²) in [6.07, 6.45) is 2.47. The Labute approximate surface area is 245 Å². The second-order valence-corrected chi connectivity index (χ2v) is 13.1. The molecule has 8 nitrogen and oxygen atoms in total. The summed E-state index contributed by atoms with van der Waals surface area (Å²) in [5, 5.41) is 22.7. The van der Waals surface area contributed by atoms with Crippen LogP contribution in [-0.4, -0.2) is 62.7 Å². The minimum Gasteiger partial charge on any atom is -0.465 e. The maximum Gasteiger partial charge on any atom is 0.408 e. The van der Waals surface area contributed by atoms with Crippen LogP contribution in [0.2, 0.25) is 0 Å². The van der Waals surface area contributed by atoms with Crippen LogP contribution in [0.15, 0.2) is 54.1 Å². The Balaban J connectivity index is 1.70. The highest BCUT2D eigenvalue weighted by Gasteiger charge is 2.77. The average molecular weight is 582 g/mol. The van der Waals surface area contributed by atoms with E-state index >= 15 is 4.39 Å². The lowest BCUT2D eigenvalue weighted by Gasteiger charge is -2.64. The fourth-order valence-corrected chi connectivity index (χ4v) is 9.57. The summed E-state index contributed by atoms with van der Waals surface area (Å²) in [7, 11) is 0. The fourth-order valence-electron chi connectivity index (χ4n) is 9.57. The molecular formula is C33H40FNO7. The second-order valence-electron chi connectivity index (χ2n) is 13.1. The molecule has 3 unspecified atom stereocenters. The van der Waals surface area contributed by atoms with Crippen molar-refractivity contribution in [3.8, 4) is 0 Å². The number of hydrogen-bond donors (Lipinski definition) is 2. The number of allylic oxidation sites excluding steroid dienone is 4. The normalized spacial score (nSPS) is 39.3. The number of halogens is 1. The highest BCUT2D eigenvalue weighted by atomic mass is 19.1. The Kier molecular flexibility index (Phi) is 7.28. The van der Waals surface area contributed by atoms with Crippen molar-refractivity contribution in [3.63, 3.8) is 0 Å². The van der Waals surface area contributed by atoms with E-state index in [1.54, 1.807) is 51.1 Å². The molecule has 0 radical (unpaired) electrons. The zero-order valence-electron chi connectivity index (χ0n) is 24.8. The van der Waals surface area contributed by atoms with Crippen molar-refractivity contribution in [1.29, 1.82) is 0 Å². The van der Waals surface area contributed by atoms with E-state index < -0.39 is 76.4 Å². The predicted octanol–water partition coefficient (Wildman–Crippen LogP) is 5.22. The van der Waals surface area contributed by atoms with E-state index in [0.717, 1.165) is 0 Å². The van der Waals surface area contributed by atoms with Crippen LogP contribution in [0.25, 0.3) is 0 Å². The van der Waals surface area contributed by atoms with E-state index in [1.807, 2.05) is 13.0 Å². The number of carboxylic acid groups (broad SMARTS) is 1. The van der Waals surface area contributed by atoms with E-state index in [2.05, 4.69) is 0 Å². The van der Waals surface area contributed by atoms with Gasteiger partial charge < -0.3 is 14.9 Å². The van der Waals surface area contributed by atoms with Crippen LogP contribution in [0.1, 0.15) is 71.9 Å². The van der Waals surface area contributed by atoms with Gasteiger partial charge in [-0.25, -0.2) is 9.18 Å². The zero-order valence-corrected chi connectivity index (χ0v) is 24.8. The lowest BCUT2D eigenvalue weighted by Crippen LogP contribution is -2.73. The SMILES string of the molecule is CC(=O)OCC(=O)[C@]1(N(C(=O)O)[C@@H](C)c2ccccc2)[C@@H](C)CC2C3CCC4=CC(=O)C=C[C@]4(C)C3(F)[C@@H](O)C[C@@]21C. The molecule has 42 heavy (non-hydrogen) atoms. The largest absolute Gasteiger partial charge is 0.465 e. The highest BCUT2D eigenvalue weighted by molar-refractivity contribution is 6.01. The number of ketones is 2. The van der Waals surface area contributed by atoms with E-state index in [9.17, 15) is 29.4 Å². The summed E-state index contributed by atoms with van der Waals surface area (Å²) < 4.78 is 22.9. The highest BCUT2D eigenvalue weighted by Crippen LogP contribution is 2.72. The van der Waals surface area contributed by atoms with Crippen LogP contribution >= 0.6 is 0 Å². The smallest absolute Gasteiger partial charge is 0.408 e. The van der Waals surface area contributed by atoms with Gasteiger partial charge in [0.1, 0.15) is 5.54 Å². The number of fused-ring (bicyclic) bond motifs is 5. The Morgan fingerprint density at radius 1 is 1.17 bits per heavy atom. The van der Waals surface area contributed by atoms with Gasteiger partial charge in [0.25, 0.3) is 0 Å². The van der Waals surface area contributed by atoms with Gasteiger partial charge in [0.2, 0.25) is 0 Å². The summed E-state index contributed by atoms with van der Waals surface area (Å²) in [6.45, 7) is 7.60.